The molecule has 2 aromatic carbocycles. The molecule has 0 aromatic heterocycles. The highest BCUT2D eigenvalue weighted by Gasteiger charge is 2.37. The van der Waals surface area contributed by atoms with Gasteiger partial charge in [-0.05, 0) is 43.4 Å². The lowest BCUT2D eigenvalue weighted by atomic mass is 9.93. The highest BCUT2D eigenvalue weighted by atomic mass is 16.5. The molecule has 2 aromatic rings. The Labute approximate surface area is 188 Å². The zero-order chi connectivity index (χ0) is 23.1. The van der Waals surface area contributed by atoms with Crippen molar-refractivity contribution in [3.63, 3.8) is 0 Å². The fraction of sp³-hybridized carbons (Fsp3) is 0.400. The first kappa shape index (κ1) is 23.5. The van der Waals surface area contributed by atoms with Crippen LogP contribution in [0.15, 0.2) is 54.6 Å². The third-order valence-electron chi connectivity index (χ3n) is 5.77. The van der Waals surface area contributed by atoms with Gasteiger partial charge in [0, 0.05) is 13.0 Å². The molecule has 0 fully saturated rings. The number of hydrogen-bond donors (Lipinski definition) is 2. The Morgan fingerprint density at radius 2 is 1.75 bits per heavy atom. The number of nitrogens with one attached hydrogen (secondary N) is 1. The predicted octanol–water partition coefficient (Wildman–Crippen LogP) is 2.57. The lowest BCUT2D eigenvalue weighted by Crippen LogP contribution is -2.56. The Morgan fingerprint density at radius 1 is 1.09 bits per heavy atom. The van der Waals surface area contributed by atoms with Gasteiger partial charge < -0.3 is 14.7 Å². The first-order valence-electron chi connectivity index (χ1n) is 11.0. The number of aliphatic carboxylic acids is 1. The Kier molecular flexibility index (Phi) is 8.00. The summed E-state index contributed by atoms with van der Waals surface area (Å²) < 4.78 is 5.20. The fourth-order valence-electron chi connectivity index (χ4n) is 4.06. The van der Waals surface area contributed by atoms with Gasteiger partial charge in [0.1, 0.15) is 12.1 Å². The maximum absolute atomic E-state index is 13.3. The topological polar surface area (TPSA) is 95.9 Å². The van der Waals surface area contributed by atoms with Gasteiger partial charge >= 0.3 is 11.9 Å². The van der Waals surface area contributed by atoms with Gasteiger partial charge in [-0.2, -0.15) is 0 Å². The van der Waals surface area contributed by atoms with Crippen molar-refractivity contribution in [2.24, 2.45) is 0 Å². The number of carboxylic acid groups (broad SMARTS) is 1. The molecule has 7 nitrogen and oxygen atoms in total. The third-order valence-corrected chi connectivity index (χ3v) is 5.77. The van der Waals surface area contributed by atoms with Gasteiger partial charge in [0.25, 0.3) is 0 Å². The van der Waals surface area contributed by atoms with Crippen LogP contribution >= 0.6 is 0 Å². The van der Waals surface area contributed by atoms with Crippen LogP contribution in [0.1, 0.15) is 37.0 Å². The van der Waals surface area contributed by atoms with E-state index < -0.39 is 30.1 Å². The van der Waals surface area contributed by atoms with E-state index in [0.29, 0.717) is 12.8 Å². The van der Waals surface area contributed by atoms with Gasteiger partial charge in [0.2, 0.25) is 5.91 Å². The average molecular weight is 439 g/mol. The zero-order valence-corrected chi connectivity index (χ0v) is 18.5. The summed E-state index contributed by atoms with van der Waals surface area (Å²) in [6.07, 6.45) is 1.37. The third kappa shape index (κ3) is 5.73. The Hall–Kier alpha value is -3.19. The van der Waals surface area contributed by atoms with Crippen LogP contribution in [0, 0.1) is 0 Å². The molecule has 0 aliphatic carbocycles. The Morgan fingerprint density at radius 3 is 2.41 bits per heavy atom. The quantitative estimate of drug-likeness (QED) is 0.584. The Bertz CT molecular complexity index is 946. The largest absolute Gasteiger partial charge is 0.480 e. The fourth-order valence-corrected chi connectivity index (χ4v) is 4.06. The summed E-state index contributed by atoms with van der Waals surface area (Å²) in [5.74, 6) is -1.80. The van der Waals surface area contributed by atoms with Gasteiger partial charge in [-0.3, -0.25) is 14.9 Å². The summed E-state index contributed by atoms with van der Waals surface area (Å²) in [5, 5.41) is 12.8. The number of rotatable bonds is 9. The number of nitrogens with zero attached hydrogens (tertiary/aromatic N) is 1. The molecule has 0 saturated carbocycles. The van der Waals surface area contributed by atoms with Gasteiger partial charge in [-0.1, -0.05) is 54.6 Å². The molecule has 3 rings (SSSR count). The molecule has 0 saturated heterocycles. The number of carbonyl (C=O) groups excluding carboxylic acids is 2. The molecule has 2 N–H and O–H groups in total. The van der Waals surface area contributed by atoms with Crippen LogP contribution in [0.2, 0.25) is 0 Å². The number of ether oxygens (including phenoxy) is 1. The number of benzene rings is 2. The van der Waals surface area contributed by atoms with E-state index in [-0.39, 0.29) is 25.5 Å². The van der Waals surface area contributed by atoms with E-state index in [0.717, 1.165) is 16.7 Å². The van der Waals surface area contributed by atoms with Crippen LogP contribution in [-0.4, -0.2) is 52.6 Å². The maximum atomic E-state index is 13.3. The Balaban J connectivity index is 1.72. The van der Waals surface area contributed by atoms with E-state index in [1.165, 1.54) is 4.90 Å². The number of amides is 1. The van der Waals surface area contributed by atoms with Gasteiger partial charge in [0.05, 0.1) is 12.6 Å². The minimum absolute atomic E-state index is 0.228. The summed E-state index contributed by atoms with van der Waals surface area (Å²) in [7, 11) is 0. The summed E-state index contributed by atoms with van der Waals surface area (Å²) in [6.45, 7) is 3.88. The maximum Gasteiger partial charge on any atom is 0.326 e. The van der Waals surface area contributed by atoms with E-state index in [9.17, 15) is 19.5 Å². The van der Waals surface area contributed by atoms with Gasteiger partial charge in [0.15, 0.2) is 0 Å². The minimum Gasteiger partial charge on any atom is -0.480 e. The van der Waals surface area contributed by atoms with Gasteiger partial charge in [-0.15, -0.1) is 0 Å². The van der Waals surface area contributed by atoms with Crippen LogP contribution < -0.4 is 5.32 Å². The van der Waals surface area contributed by atoms with Crippen molar-refractivity contribution in [2.45, 2.75) is 57.8 Å². The first-order chi connectivity index (χ1) is 15.4. The SMILES string of the molecule is CCOC(=O)C(CCc1ccccc1)N[C@@H](C)C(=O)N1Cc2ccccc2C[C@H]1C(=O)O. The highest BCUT2D eigenvalue weighted by Crippen LogP contribution is 2.24. The van der Waals surface area contributed by atoms with Crippen molar-refractivity contribution in [1.82, 2.24) is 10.2 Å². The lowest BCUT2D eigenvalue weighted by Gasteiger charge is -2.36. The molecule has 170 valence electrons. The second-order valence-corrected chi connectivity index (χ2v) is 8.01. The van der Waals surface area contributed by atoms with Crippen molar-refractivity contribution in [3.05, 3.63) is 71.3 Å². The van der Waals surface area contributed by atoms with Crippen molar-refractivity contribution in [3.8, 4) is 0 Å². The standard InChI is InChI=1S/C25H30N2O5/c1-3-32-25(31)21(14-13-18-9-5-4-6-10-18)26-17(2)23(28)27-16-20-12-8-7-11-19(20)15-22(27)24(29)30/h4-12,17,21-22,26H,3,13-16H2,1-2H3,(H,29,30)/t17-,21?,22-/m0/s1. The second kappa shape index (κ2) is 10.9. The molecule has 1 heterocycles. The van der Waals surface area contributed by atoms with Gasteiger partial charge in [-0.25, -0.2) is 4.79 Å². The summed E-state index contributed by atoms with van der Waals surface area (Å²) in [5.41, 5.74) is 2.97. The van der Waals surface area contributed by atoms with E-state index in [4.69, 9.17) is 4.74 Å². The van der Waals surface area contributed by atoms with Crippen LogP contribution in [0.4, 0.5) is 0 Å². The molecule has 1 aliphatic heterocycles. The number of hydrogen-bond acceptors (Lipinski definition) is 5. The number of fused-ring (bicyclic) bond motifs is 1. The average Bonchev–Trinajstić information content (AvgIpc) is 2.80. The normalized spacial score (nSPS) is 17.2. The molecular formula is C25H30N2O5. The molecule has 32 heavy (non-hydrogen) atoms. The smallest absolute Gasteiger partial charge is 0.326 e. The second-order valence-electron chi connectivity index (χ2n) is 8.01. The zero-order valence-electron chi connectivity index (χ0n) is 18.5. The highest BCUT2D eigenvalue weighted by molar-refractivity contribution is 5.88. The summed E-state index contributed by atoms with van der Waals surface area (Å²) >= 11 is 0. The van der Waals surface area contributed by atoms with Crippen LogP contribution in [0.3, 0.4) is 0 Å². The van der Waals surface area contributed by atoms with Crippen molar-refractivity contribution in [2.75, 3.05) is 6.61 Å². The van der Waals surface area contributed by atoms with Crippen LogP contribution in [0.5, 0.6) is 0 Å². The predicted molar refractivity (Wildman–Crippen MR) is 120 cm³/mol. The molecule has 0 spiro atoms. The van der Waals surface area contributed by atoms with E-state index in [1.807, 2.05) is 54.6 Å². The molecule has 1 unspecified atom stereocenters. The molecule has 7 heteroatoms. The van der Waals surface area contributed by atoms with Crippen molar-refractivity contribution in [1.29, 1.82) is 0 Å². The number of carbonyl (C=O) groups is 3. The number of aryl methyl sites for hydroxylation is 1. The first-order valence-corrected chi connectivity index (χ1v) is 11.0. The van der Waals surface area contributed by atoms with E-state index in [2.05, 4.69) is 5.32 Å². The summed E-state index contributed by atoms with van der Waals surface area (Å²) in [4.78, 5) is 39.1. The molecule has 0 radical (unpaired) electrons. The molecule has 0 bridgehead atoms. The minimum atomic E-state index is -1.04. The van der Waals surface area contributed by atoms with Crippen molar-refractivity contribution >= 4 is 17.8 Å². The monoisotopic (exact) mass is 438 g/mol. The van der Waals surface area contributed by atoms with E-state index >= 15 is 0 Å². The lowest BCUT2D eigenvalue weighted by molar-refractivity contribution is -0.153. The van der Waals surface area contributed by atoms with E-state index in [1.54, 1.807) is 13.8 Å². The molecule has 3 atom stereocenters. The van der Waals surface area contributed by atoms with Crippen molar-refractivity contribution < 1.29 is 24.2 Å². The van der Waals surface area contributed by atoms with Crippen LogP contribution in [-0.2, 0) is 38.5 Å². The number of carboxylic acids is 1. The molecule has 1 amide bonds. The molecule has 1 aliphatic rings. The number of esters is 1. The molecular weight excluding hydrogens is 408 g/mol. The van der Waals surface area contributed by atoms with Crippen LogP contribution in [0.25, 0.3) is 0 Å². The summed E-state index contributed by atoms with van der Waals surface area (Å²) in [6, 6.07) is 15.0.